The van der Waals surface area contributed by atoms with Crippen molar-refractivity contribution in [2.45, 2.75) is 24.8 Å². The van der Waals surface area contributed by atoms with Gasteiger partial charge in [0.05, 0.1) is 11.9 Å². The topological polar surface area (TPSA) is 66.5 Å². The summed E-state index contributed by atoms with van der Waals surface area (Å²) in [6.45, 7) is 3.50. The Morgan fingerprint density at radius 2 is 1.80 bits per heavy atom. The van der Waals surface area contributed by atoms with Crippen molar-refractivity contribution >= 4 is 39.1 Å². The van der Waals surface area contributed by atoms with Crippen LogP contribution in [0.3, 0.4) is 0 Å². The lowest BCUT2D eigenvalue weighted by molar-refractivity contribution is -0.116. The molecule has 0 fully saturated rings. The van der Waals surface area contributed by atoms with E-state index in [1.165, 1.54) is 0 Å². The molecule has 0 unspecified atom stereocenters. The Hall–Kier alpha value is -1.99. The van der Waals surface area contributed by atoms with E-state index in [1.807, 2.05) is 43.5 Å². The number of carbonyl (C=O) groups is 1. The zero-order valence-electron chi connectivity index (χ0n) is 14.7. The molecule has 0 saturated heterocycles. The van der Waals surface area contributed by atoms with Crippen molar-refractivity contribution in [2.75, 3.05) is 22.1 Å². The third-order valence-electron chi connectivity index (χ3n) is 3.71. The maximum absolute atomic E-state index is 12.6. The van der Waals surface area contributed by atoms with Crippen molar-refractivity contribution in [2.24, 2.45) is 0 Å². The lowest BCUT2D eigenvalue weighted by atomic mass is 10.2. The third-order valence-corrected chi connectivity index (χ3v) is 5.68. The fourth-order valence-corrected chi connectivity index (χ4v) is 4.08. The third kappa shape index (κ3) is 4.99. The number of nitrogens with one attached hydrogen (secondary N) is 1. The summed E-state index contributed by atoms with van der Waals surface area (Å²) < 4.78 is 25.7. The van der Waals surface area contributed by atoms with E-state index in [0.29, 0.717) is 11.4 Å². The Kier molecular flexibility index (Phi) is 6.13. The maximum atomic E-state index is 12.6. The molecular formula is C18H22N2O3S2. The molecule has 2 aromatic rings. The Balaban J connectivity index is 2.28. The van der Waals surface area contributed by atoms with Gasteiger partial charge < -0.3 is 5.32 Å². The van der Waals surface area contributed by atoms with E-state index in [9.17, 15) is 13.2 Å². The van der Waals surface area contributed by atoms with Crippen molar-refractivity contribution < 1.29 is 13.2 Å². The highest BCUT2D eigenvalue weighted by molar-refractivity contribution is 7.98. The van der Waals surface area contributed by atoms with E-state index in [0.717, 1.165) is 21.0 Å². The molecule has 0 aromatic heterocycles. The number of hydrogen-bond acceptors (Lipinski definition) is 4. The highest BCUT2D eigenvalue weighted by atomic mass is 32.2. The second-order valence-electron chi connectivity index (χ2n) is 5.79. The summed E-state index contributed by atoms with van der Waals surface area (Å²) in [5, 5.41) is 2.79. The first-order valence-corrected chi connectivity index (χ1v) is 10.8. The SMILES string of the molecule is CSc1cccc(NC(=O)[C@@H](C)N(c2ccc(C)cc2)S(C)(=O)=O)c1. The molecular weight excluding hydrogens is 356 g/mol. The molecule has 25 heavy (non-hydrogen) atoms. The lowest BCUT2D eigenvalue weighted by Gasteiger charge is -2.28. The molecule has 134 valence electrons. The largest absolute Gasteiger partial charge is 0.324 e. The summed E-state index contributed by atoms with van der Waals surface area (Å²) >= 11 is 1.57. The van der Waals surface area contributed by atoms with Gasteiger partial charge in [-0.05, 0) is 50.4 Å². The molecule has 2 rings (SSSR count). The summed E-state index contributed by atoms with van der Waals surface area (Å²) in [7, 11) is -3.61. The molecule has 0 spiro atoms. The van der Waals surface area contributed by atoms with Crippen LogP contribution in [0.4, 0.5) is 11.4 Å². The molecule has 1 atom stereocenters. The number of amides is 1. The van der Waals surface area contributed by atoms with Gasteiger partial charge in [0.25, 0.3) is 0 Å². The Morgan fingerprint density at radius 1 is 1.16 bits per heavy atom. The van der Waals surface area contributed by atoms with Crippen molar-refractivity contribution in [1.82, 2.24) is 0 Å². The molecule has 0 saturated carbocycles. The van der Waals surface area contributed by atoms with E-state index in [-0.39, 0.29) is 5.91 Å². The average molecular weight is 379 g/mol. The molecule has 7 heteroatoms. The number of rotatable bonds is 6. The monoisotopic (exact) mass is 378 g/mol. The van der Waals surface area contributed by atoms with Crippen LogP contribution in [0, 0.1) is 6.92 Å². The van der Waals surface area contributed by atoms with Crippen molar-refractivity contribution in [1.29, 1.82) is 0 Å². The van der Waals surface area contributed by atoms with Crippen LogP contribution < -0.4 is 9.62 Å². The van der Waals surface area contributed by atoms with Gasteiger partial charge in [0.15, 0.2) is 0 Å². The van der Waals surface area contributed by atoms with Gasteiger partial charge in [0, 0.05) is 10.6 Å². The second-order valence-corrected chi connectivity index (χ2v) is 8.53. The van der Waals surface area contributed by atoms with Gasteiger partial charge in [-0.15, -0.1) is 11.8 Å². The summed E-state index contributed by atoms with van der Waals surface area (Å²) in [5.41, 5.74) is 2.12. The smallest absolute Gasteiger partial charge is 0.247 e. The van der Waals surface area contributed by atoms with Crippen molar-refractivity contribution in [3.63, 3.8) is 0 Å². The fraction of sp³-hybridized carbons (Fsp3) is 0.278. The van der Waals surface area contributed by atoms with Crippen molar-refractivity contribution in [3.8, 4) is 0 Å². The number of anilines is 2. The Labute approximate surface area is 153 Å². The van der Waals surface area contributed by atoms with Crippen LogP contribution in [-0.2, 0) is 14.8 Å². The highest BCUT2D eigenvalue weighted by Gasteiger charge is 2.29. The normalized spacial score (nSPS) is 12.5. The van der Waals surface area contributed by atoms with Gasteiger partial charge in [0.1, 0.15) is 6.04 Å². The summed E-state index contributed by atoms with van der Waals surface area (Å²) in [5.74, 6) is -0.385. The number of benzene rings is 2. The minimum absolute atomic E-state index is 0.385. The summed E-state index contributed by atoms with van der Waals surface area (Å²) in [6, 6.07) is 13.6. The highest BCUT2D eigenvalue weighted by Crippen LogP contribution is 2.23. The van der Waals surface area contributed by atoms with Crippen LogP contribution in [0.2, 0.25) is 0 Å². The number of hydrogen-bond donors (Lipinski definition) is 1. The van der Waals surface area contributed by atoms with Gasteiger partial charge >= 0.3 is 0 Å². The molecule has 0 aliphatic heterocycles. The van der Waals surface area contributed by atoms with E-state index in [4.69, 9.17) is 0 Å². The molecule has 0 aliphatic rings. The lowest BCUT2D eigenvalue weighted by Crippen LogP contribution is -2.45. The van der Waals surface area contributed by atoms with Gasteiger partial charge in [-0.1, -0.05) is 23.8 Å². The second kappa shape index (κ2) is 7.93. The molecule has 1 N–H and O–H groups in total. The average Bonchev–Trinajstić information content (AvgIpc) is 2.55. The zero-order chi connectivity index (χ0) is 18.6. The number of nitrogens with zero attached hydrogens (tertiary/aromatic N) is 1. The van der Waals surface area contributed by atoms with E-state index in [2.05, 4.69) is 5.32 Å². The first-order valence-electron chi connectivity index (χ1n) is 7.73. The minimum Gasteiger partial charge on any atom is -0.324 e. The first-order chi connectivity index (χ1) is 11.7. The number of thioether (sulfide) groups is 1. The van der Waals surface area contributed by atoms with Gasteiger partial charge in [-0.3, -0.25) is 9.10 Å². The van der Waals surface area contributed by atoms with Gasteiger partial charge in [-0.25, -0.2) is 8.42 Å². The standard InChI is InChI=1S/C18H22N2O3S2/c1-13-8-10-16(11-9-13)20(25(4,22)23)14(2)18(21)19-15-6-5-7-17(12-15)24-3/h5-12,14H,1-4H3,(H,19,21)/t14-/m1/s1. The molecule has 2 aromatic carbocycles. The first kappa shape index (κ1) is 19.3. The van der Waals surface area contributed by atoms with E-state index >= 15 is 0 Å². The predicted octanol–water partition coefficient (Wildman–Crippen LogP) is 3.51. The van der Waals surface area contributed by atoms with Crippen LogP contribution in [-0.4, -0.2) is 32.9 Å². The van der Waals surface area contributed by atoms with Crippen LogP contribution in [0.25, 0.3) is 0 Å². The molecule has 0 radical (unpaired) electrons. The quantitative estimate of drug-likeness (QED) is 0.781. The van der Waals surface area contributed by atoms with E-state index < -0.39 is 16.1 Å². The molecule has 0 heterocycles. The molecule has 5 nitrogen and oxygen atoms in total. The molecule has 0 bridgehead atoms. The number of carbonyl (C=O) groups excluding carboxylic acids is 1. The van der Waals surface area contributed by atoms with Gasteiger partial charge in [-0.2, -0.15) is 0 Å². The van der Waals surface area contributed by atoms with Crippen LogP contribution in [0.5, 0.6) is 0 Å². The Morgan fingerprint density at radius 3 is 2.36 bits per heavy atom. The van der Waals surface area contributed by atoms with Gasteiger partial charge in [0.2, 0.25) is 15.9 Å². The van der Waals surface area contributed by atoms with Crippen molar-refractivity contribution in [3.05, 3.63) is 54.1 Å². The van der Waals surface area contributed by atoms with Crippen LogP contribution >= 0.6 is 11.8 Å². The maximum Gasteiger partial charge on any atom is 0.247 e. The fourth-order valence-electron chi connectivity index (χ4n) is 2.45. The number of aryl methyl sites for hydroxylation is 1. The predicted molar refractivity (Wildman–Crippen MR) is 105 cm³/mol. The molecule has 1 amide bonds. The summed E-state index contributed by atoms with van der Waals surface area (Å²) in [4.78, 5) is 13.6. The number of sulfonamides is 1. The van der Waals surface area contributed by atoms with E-state index in [1.54, 1.807) is 36.9 Å². The van der Waals surface area contributed by atoms with Crippen LogP contribution in [0.15, 0.2) is 53.4 Å². The molecule has 0 aliphatic carbocycles. The summed E-state index contributed by atoms with van der Waals surface area (Å²) in [6.07, 6.45) is 3.05. The zero-order valence-corrected chi connectivity index (χ0v) is 16.3. The van der Waals surface area contributed by atoms with Crippen LogP contribution in [0.1, 0.15) is 12.5 Å². The Bertz CT molecular complexity index is 849. The minimum atomic E-state index is -3.61.